The maximum absolute atomic E-state index is 11.7. The first-order valence-electron chi connectivity index (χ1n) is 6.23. The van der Waals surface area contributed by atoms with Crippen LogP contribution in [0.3, 0.4) is 0 Å². The van der Waals surface area contributed by atoms with Gasteiger partial charge in [-0.1, -0.05) is 20.8 Å². The van der Waals surface area contributed by atoms with Crippen LogP contribution in [0.2, 0.25) is 0 Å². The van der Waals surface area contributed by atoms with Gasteiger partial charge in [0.15, 0.2) is 0 Å². The van der Waals surface area contributed by atoms with Crippen molar-refractivity contribution in [2.24, 2.45) is 16.7 Å². The predicted molar refractivity (Wildman–Crippen MR) is 66.5 cm³/mol. The number of carbonyl (C=O) groups excluding carboxylic acids is 1. The van der Waals surface area contributed by atoms with Gasteiger partial charge in [0.2, 0.25) is 5.91 Å². The van der Waals surface area contributed by atoms with Crippen LogP contribution in [-0.2, 0) is 4.79 Å². The van der Waals surface area contributed by atoms with E-state index in [0.717, 1.165) is 12.3 Å². The Morgan fingerprint density at radius 2 is 2.06 bits per heavy atom. The van der Waals surface area contributed by atoms with Crippen molar-refractivity contribution in [1.82, 2.24) is 5.32 Å². The van der Waals surface area contributed by atoms with Crippen molar-refractivity contribution < 1.29 is 4.79 Å². The summed E-state index contributed by atoms with van der Waals surface area (Å²) >= 11 is 5.81. The Kier molecular flexibility index (Phi) is 2.77. The van der Waals surface area contributed by atoms with E-state index in [-0.39, 0.29) is 11.3 Å². The van der Waals surface area contributed by atoms with E-state index in [9.17, 15) is 4.79 Å². The topological polar surface area (TPSA) is 29.1 Å². The minimum atomic E-state index is -0.425. The van der Waals surface area contributed by atoms with Gasteiger partial charge in [-0.15, -0.1) is 11.6 Å². The van der Waals surface area contributed by atoms with Crippen molar-refractivity contribution in [2.75, 3.05) is 0 Å². The van der Waals surface area contributed by atoms with Gasteiger partial charge in [-0.2, -0.15) is 0 Å². The van der Waals surface area contributed by atoms with Crippen molar-refractivity contribution in [3.63, 3.8) is 0 Å². The van der Waals surface area contributed by atoms with Crippen LogP contribution in [0.15, 0.2) is 0 Å². The molecule has 1 amide bonds. The third-order valence-electron chi connectivity index (χ3n) is 5.47. The monoisotopic (exact) mass is 243 g/mol. The molecule has 2 bridgehead atoms. The number of fused-ring (bicyclic) bond motifs is 2. The molecule has 2 rings (SSSR count). The van der Waals surface area contributed by atoms with Gasteiger partial charge in [0.25, 0.3) is 0 Å². The van der Waals surface area contributed by atoms with Crippen LogP contribution in [0, 0.1) is 16.7 Å². The second-order valence-electron chi connectivity index (χ2n) is 6.29. The normalized spacial score (nSPS) is 42.1. The first-order chi connectivity index (χ1) is 7.29. The average molecular weight is 244 g/mol. The van der Waals surface area contributed by atoms with Crippen LogP contribution >= 0.6 is 11.6 Å². The van der Waals surface area contributed by atoms with E-state index >= 15 is 0 Å². The van der Waals surface area contributed by atoms with Gasteiger partial charge in [0.05, 0.1) is 0 Å². The summed E-state index contributed by atoms with van der Waals surface area (Å²) in [6, 6.07) is 0.315. The van der Waals surface area contributed by atoms with Crippen molar-refractivity contribution in [3.05, 3.63) is 0 Å². The number of hydrogen-bond acceptors (Lipinski definition) is 1. The third kappa shape index (κ3) is 1.49. The van der Waals surface area contributed by atoms with E-state index in [4.69, 9.17) is 11.6 Å². The molecule has 16 heavy (non-hydrogen) atoms. The van der Waals surface area contributed by atoms with E-state index in [1.807, 2.05) is 0 Å². The number of hydrogen-bond donors (Lipinski definition) is 1. The van der Waals surface area contributed by atoms with E-state index in [1.165, 1.54) is 12.8 Å². The van der Waals surface area contributed by atoms with Crippen molar-refractivity contribution in [3.8, 4) is 0 Å². The minimum Gasteiger partial charge on any atom is -0.352 e. The number of rotatable bonds is 2. The van der Waals surface area contributed by atoms with Gasteiger partial charge in [-0.05, 0) is 42.9 Å². The molecule has 2 nitrogen and oxygen atoms in total. The Balaban J connectivity index is 2.13. The average Bonchev–Trinajstić information content (AvgIpc) is 2.50. The van der Waals surface area contributed by atoms with Gasteiger partial charge >= 0.3 is 0 Å². The predicted octanol–water partition coefficient (Wildman–Crippen LogP) is 2.94. The number of carbonyl (C=O) groups is 1. The molecule has 1 N–H and O–H groups in total. The van der Waals surface area contributed by atoms with Crippen LogP contribution in [0.4, 0.5) is 0 Å². The summed E-state index contributed by atoms with van der Waals surface area (Å²) in [6.45, 7) is 8.75. The Morgan fingerprint density at radius 3 is 2.44 bits per heavy atom. The van der Waals surface area contributed by atoms with Crippen molar-refractivity contribution in [2.45, 2.75) is 58.4 Å². The maximum atomic E-state index is 11.7. The lowest BCUT2D eigenvalue weighted by Crippen LogP contribution is -2.48. The molecule has 92 valence electrons. The number of nitrogens with one attached hydrogen (secondary N) is 1. The zero-order chi connectivity index (χ0) is 12.1. The molecule has 3 heteroatoms. The highest BCUT2D eigenvalue weighted by Crippen LogP contribution is 2.65. The van der Waals surface area contributed by atoms with Crippen LogP contribution in [0.25, 0.3) is 0 Å². The number of amides is 1. The van der Waals surface area contributed by atoms with Crippen LogP contribution < -0.4 is 5.32 Å². The molecule has 2 aliphatic carbocycles. The summed E-state index contributed by atoms with van der Waals surface area (Å²) < 4.78 is 0. The molecular weight excluding hydrogens is 222 g/mol. The molecule has 0 aromatic heterocycles. The van der Waals surface area contributed by atoms with Crippen molar-refractivity contribution >= 4 is 17.5 Å². The highest BCUT2D eigenvalue weighted by Gasteiger charge is 2.61. The summed E-state index contributed by atoms with van der Waals surface area (Å²) in [4.78, 5) is 11.7. The van der Waals surface area contributed by atoms with Crippen molar-refractivity contribution in [1.29, 1.82) is 0 Å². The number of halogens is 1. The van der Waals surface area contributed by atoms with Crippen LogP contribution in [0.5, 0.6) is 0 Å². The summed E-state index contributed by atoms with van der Waals surface area (Å²) in [5.41, 5.74) is 0.597. The standard InChI is InChI=1S/C13H22ClNO/c1-8(14)11(16)15-10-7-9-5-6-13(10,4)12(9,2)3/h8-10H,5-7H2,1-4H3,(H,15,16). The first kappa shape index (κ1) is 12.2. The lowest BCUT2D eigenvalue weighted by molar-refractivity contribution is -0.122. The molecule has 0 spiro atoms. The molecule has 0 saturated heterocycles. The zero-order valence-electron chi connectivity index (χ0n) is 10.6. The Labute approximate surface area is 103 Å². The summed E-state index contributed by atoms with van der Waals surface area (Å²) in [6.07, 6.45) is 3.66. The fourth-order valence-corrected chi connectivity index (χ4v) is 3.77. The molecule has 4 unspecified atom stereocenters. The second kappa shape index (κ2) is 3.63. The highest BCUT2D eigenvalue weighted by molar-refractivity contribution is 6.30. The Hall–Kier alpha value is -0.240. The fourth-order valence-electron chi connectivity index (χ4n) is 3.71. The van der Waals surface area contributed by atoms with E-state index in [0.29, 0.717) is 11.5 Å². The van der Waals surface area contributed by atoms with Gasteiger partial charge in [-0.25, -0.2) is 0 Å². The highest BCUT2D eigenvalue weighted by atomic mass is 35.5. The molecule has 2 aliphatic rings. The summed E-state index contributed by atoms with van der Waals surface area (Å²) in [5.74, 6) is 0.740. The first-order valence-corrected chi connectivity index (χ1v) is 6.67. The molecule has 0 radical (unpaired) electrons. The molecule has 2 fully saturated rings. The quantitative estimate of drug-likeness (QED) is 0.743. The zero-order valence-corrected chi connectivity index (χ0v) is 11.4. The molecule has 0 aliphatic heterocycles. The molecular formula is C13H22ClNO. The Morgan fingerprint density at radius 1 is 1.44 bits per heavy atom. The Bertz CT molecular complexity index is 313. The SMILES string of the molecule is CC(Cl)C(=O)NC1CC2CCC1(C)C2(C)C. The lowest BCUT2D eigenvalue weighted by Gasteiger charge is -2.39. The smallest absolute Gasteiger partial charge is 0.238 e. The largest absolute Gasteiger partial charge is 0.352 e. The maximum Gasteiger partial charge on any atom is 0.238 e. The molecule has 2 saturated carbocycles. The fraction of sp³-hybridized carbons (Fsp3) is 0.923. The number of alkyl halides is 1. The summed E-state index contributed by atoms with van der Waals surface area (Å²) in [5, 5.41) is 2.71. The summed E-state index contributed by atoms with van der Waals surface area (Å²) in [7, 11) is 0. The molecule has 0 heterocycles. The van der Waals surface area contributed by atoms with Gasteiger partial charge < -0.3 is 5.32 Å². The van der Waals surface area contributed by atoms with Crippen LogP contribution in [0.1, 0.15) is 47.0 Å². The minimum absolute atomic E-state index is 0.0174. The van der Waals surface area contributed by atoms with Gasteiger partial charge in [0, 0.05) is 6.04 Å². The molecule has 0 aromatic carbocycles. The lowest BCUT2D eigenvalue weighted by atomic mass is 9.69. The van der Waals surface area contributed by atoms with Gasteiger partial charge in [-0.3, -0.25) is 4.79 Å². The second-order valence-corrected chi connectivity index (χ2v) is 6.94. The molecule has 4 atom stereocenters. The van der Waals surface area contributed by atoms with Gasteiger partial charge in [0.1, 0.15) is 5.38 Å². The third-order valence-corrected chi connectivity index (χ3v) is 5.67. The van der Waals surface area contributed by atoms with E-state index < -0.39 is 5.38 Å². The van der Waals surface area contributed by atoms with E-state index in [1.54, 1.807) is 6.92 Å². The van der Waals surface area contributed by atoms with E-state index in [2.05, 4.69) is 26.1 Å². The molecule has 0 aromatic rings. The van der Waals surface area contributed by atoms with Crippen LogP contribution in [-0.4, -0.2) is 17.3 Å².